The molecule has 0 bridgehead atoms. The van der Waals surface area contributed by atoms with Crippen molar-refractivity contribution in [3.8, 4) is 0 Å². The predicted octanol–water partition coefficient (Wildman–Crippen LogP) is 4.95. The van der Waals surface area contributed by atoms with Crippen LogP contribution in [0.15, 0.2) is 58.8 Å². The minimum absolute atomic E-state index is 0.126. The van der Waals surface area contributed by atoms with Gasteiger partial charge in [-0.2, -0.15) is 4.31 Å². The molecule has 0 saturated carbocycles. The van der Waals surface area contributed by atoms with Gasteiger partial charge >= 0.3 is 5.97 Å². The number of thiophene rings is 1. The fourth-order valence-corrected chi connectivity index (χ4v) is 6.52. The van der Waals surface area contributed by atoms with Crippen molar-refractivity contribution in [1.82, 2.24) is 4.31 Å². The highest BCUT2D eigenvalue weighted by Crippen LogP contribution is 2.31. The molecule has 1 N–H and O–H groups in total. The first-order chi connectivity index (χ1) is 14.4. The molecule has 1 heterocycles. The maximum absolute atomic E-state index is 13.2. The lowest BCUT2D eigenvalue weighted by Gasteiger charge is -2.20. The third kappa shape index (κ3) is 5.68. The van der Waals surface area contributed by atoms with Crippen LogP contribution in [0.2, 0.25) is 0 Å². The summed E-state index contributed by atoms with van der Waals surface area (Å²) in [6.45, 7) is 2.97. The normalized spacial score (nSPS) is 11.9. The van der Waals surface area contributed by atoms with E-state index in [1.807, 2.05) is 55.5 Å². The van der Waals surface area contributed by atoms with Gasteiger partial charge in [-0.05, 0) is 54.3 Å². The van der Waals surface area contributed by atoms with Gasteiger partial charge in [-0.15, -0.1) is 11.3 Å². The van der Waals surface area contributed by atoms with Gasteiger partial charge in [0.25, 0.3) is 10.0 Å². The Labute approximate surface area is 182 Å². The van der Waals surface area contributed by atoms with E-state index in [4.69, 9.17) is 5.11 Å². The van der Waals surface area contributed by atoms with Gasteiger partial charge in [-0.3, -0.25) is 4.79 Å². The van der Waals surface area contributed by atoms with E-state index < -0.39 is 16.0 Å². The van der Waals surface area contributed by atoms with E-state index >= 15 is 0 Å². The van der Waals surface area contributed by atoms with Gasteiger partial charge in [-0.25, -0.2) is 8.42 Å². The maximum Gasteiger partial charge on any atom is 0.303 e. The molecule has 5 nitrogen and oxygen atoms in total. The zero-order valence-electron chi connectivity index (χ0n) is 17.1. The van der Waals surface area contributed by atoms with Crippen LogP contribution in [0.5, 0.6) is 0 Å². The second-order valence-corrected chi connectivity index (χ2v) is 10.6. The Morgan fingerprint density at radius 3 is 2.30 bits per heavy atom. The first kappa shape index (κ1) is 22.5. The van der Waals surface area contributed by atoms with E-state index in [-0.39, 0.29) is 6.42 Å². The van der Waals surface area contributed by atoms with Crippen molar-refractivity contribution in [2.24, 2.45) is 0 Å². The van der Waals surface area contributed by atoms with Gasteiger partial charge in [-0.1, -0.05) is 49.4 Å². The molecule has 0 spiro atoms. The minimum Gasteiger partial charge on any atom is -0.481 e. The number of aryl methyl sites for hydroxylation is 2. The maximum atomic E-state index is 13.2. The number of sulfonamides is 1. The van der Waals surface area contributed by atoms with E-state index in [9.17, 15) is 13.2 Å². The van der Waals surface area contributed by atoms with Crippen LogP contribution < -0.4 is 0 Å². The molecular weight excluding hydrogens is 418 g/mol. The number of hydrogen-bond donors (Lipinski definition) is 1. The predicted molar refractivity (Wildman–Crippen MR) is 122 cm³/mol. The Morgan fingerprint density at radius 2 is 1.67 bits per heavy atom. The second-order valence-electron chi connectivity index (χ2n) is 7.32. The van der Waals surface area contributed by atoms with Crippen LogP contribution in [-0.2, 0) is 27.7 Å². The molecule has 0 amide bonds. The van der Waals surface area contributed by atoms with E-state index in [1.54, 1.807) is 10.4 Å². The Morgan fingerprint density at radius 1 is 1.00 bits per heavy atom. The van der Waals surface area contributed by atoms with Crippen molar-refractivity contribution in [3.63, 3.8) is 0 Å². The molecule has 0 fully saturated rings. The Balaban J connectivity index is 1.63. The average Bonchev–Trinajstić information content (AvgIpc) is 3.18. The van der Waals surface area contributed by atoms with Gasteiger partial charge in [0.05, 0.1) is 0 Å². The zero-order chi connectivity index (χ0) is 21.6. The summed E-state index contributed by atoms with van der Waals surface area (Å²) >= 11 is 1.33. The van der Waals surface area contributed by atoms with Gasteiger partial charge in [0.1, 0.15) is 4.21 Å². The van der Waals surface area contributed by atoms with Crippen LogP contribution in [0.25, 0.3) is 10.1 Å². The SMILES string of the molecule is CCCN(CCCc1ccc(CCC(=O)O)cc1)S(=O)(=O)c1cc2ccccc2s1. The van der Waals surface area contributed by atoms with E-state index in [0.29, 0.717) is 23.7 Å². The van der Waals surface area contributed by atoms with Gasteiger partial charge in [0.2, 0.25) is 0 Å². The number of fused-ring (bicyclic) bond motifs is 1. The monoisotopic (exact) mass is 445 g/mol. The number of carbonyl (C=O) groups is 1. The topological polar surface area (TPSA) is 74.7 Å². The molecule has 1 aromatic heterocycles. The lowest BCUT2D eigenvalue weighted by molar-refractivity contribution is -0.136. The summed E-state index contributed by atoms with van der Waals surface area (Å²) < 4.78 is 29.4. The molecule has 3 rings (SSSR count). The molecule has 0 aliphatic rings. The molecule has 0 aliphatic heterocycles. The van der Waals surface area contributed by atoms with Crippen LogP contribution in [0.4, 0.5) is 0 Å². The summed E-state index contributed by atoms with van der Waals surface area (Å²) in [5.41, 5.74) is 2.13. The Hall–Kier alpha value is -2.22. The number of aliphatic carboxylic acids is 1. The molecular formula is C23H27NO4S2. The summed E-state index contributed by atoms with van der Waals surface area (Å²) in [6, 6.07) is 17.4. The number of nitrogens with zero attached hydrogens (tertiary/aromatic N) is 1. The van der Waals surface area contributed by atoms with Crippen molar-refractivity contribution >= 4 is 37.4 Å². The van der Waals surface area contributed by atoms with Crippen molar-refractivity contribution in [1.29, 1.82) is 0 Å². The van der Waals surface area contributed by atoms with E-state index in [2.05, 4.69) is 0 Å². The van der Waals surface area contributed by atoms with Crippen LogP contribution in [0.3, 0.4) is 0 Å². The number of carboxylic acid groups (broad SMARTS) is 1. The van der Waals surface area contributed by atoms with Crippen LogP contribution in [-0.4, -0.2) is 36.9 Å². The van der Waals surface area contributed by atoms with E-state index in [1.165, 1.54) is 11.3 Å². The largest absolute Gasteiger partial charge is 0.481 e. The average molecular weight is 446 g/mol. The lowest BCUT2D eigenvalue weighted by atomic mass is 10.0. The lowest BCUT2D eigenvalue weighted by Crippen LogP contribution is -2.32. The van der Waals surface area contributed by atoms with E-state index in [0.717, 1.165) is 40.5 Å². The fourth-order valence-electron chi connectivity index (χ4n) is 3.40. The smallest absolute Gasteiger partial charge is 0.303 e. The molecule has 0 saturated heterocycles. The summed E-state index contributed by atoms with van der Waals surface area (Å²) in [7, 11) is -3.51. The summed E-state index contributed by atoms with van der Waals surface area (Å²) in [5, 5.41) is 9.74. The van der Waals surface area contributed by atoms with Crippen molar-refractivity contribution in [2.45, 2.75) is 43.2 Å². The molecule has 0 radical (unpaired) electrons. The number of carboxylic acids is 1. The first-order valence-electron chi connectivity index (χ1n) is 10.2. The highest BCUT2D eigenvalue weighted by atomic mass is 32.2. The highest BCUT2D eigenvalue weighted by Gasteiger charge is 2.25. The fraction of sp³-hybridized carbons (Fsp3) is 0.348. The Bertz CT molecular complexity index is 1050. The minimum atomic E-state index is -3.51. The number of rotatable bonds is 11. The molecule has 30 heavy (non-hydrogen) atoms. The summed E-state index contributed by atoms with van der Waals surface area (Å²) in [4.78, 5) is 10.7. The van der Waals surface area contributed by atoms with Crippen LogP contribution >= 0.6 is 11.3 Å². The van der Waals surface area contributed by atoms with Crippen molar-refractivity contribution in [3.05, 3.63) is 65.7 Å². The quantitative estimate of drug-likeness (QED) is 0.453. The number of hydrogen-bond acceptors (Lipinski definition) is 4. The van der Waals surface area contributed by atoms with Gasteiger partial charge in [0, 0.05) is 24.2 Å². The molecule has 7 heteroatoms. The zero-order valence-corrected chi connectivity index (χ0v) is 18.7. The van der Waals surface area contributed by atoms with Crippen LogP contribution in [0, 0.1) is 0 Å². The molecule has 3 aromatic rings. The third-order valence-corrected chi connectivity index (χ3v) is 8.46. The molecule has 0 atom stereocenters. The van der Waals surface area contributed by atoms with Gasteiger partial charge < -0.3 is 5.11 Å². The van der Waals surface area contributed by atoms with Crippen LogP contribution in [0.1, 0.15) is 37.3 Å². The second kappa shape index (κ2) is 10.2. The molecule has 2 aromatic carbocycles. The Kier molecular flexibility index (Phi) is 7.64. The molecule has 160 valence electrons. The molecule has 0 unspecified atom stereocenters. The van der Waals surface area contributed by atoms with Crippen molar-refractivity contribution in [2.75, 3.05) is 13.1 Å². The van der Waals surface area contributed by atoms with Gasteiger partial charge in [0.15, 0.2) is 0 Å². The standard InChI is InChI=1S/C23H27NO4S2/c1-2-15-24(30(27,28)23-17-20-7-3-4-8-21(20)29-23)16-5-6-18-9-11-19(12-10-18)13-14-22(25)26/h3-4,7-12,17H,2,5-6,13-16H2,1H3,(H,25,26). The number of benzene rings is 2. The first-order valence-corrected chi connectivity index (χ1v) is 12.4. The molecule has 0 aliphatic carbocycles. The highest BCUT2D eigenvalue weighted by molar-refractivity contribution is 7.91. The van der Waals surface area contributed by atoms with Crippen molar-refractivity contribution < 1.29 is 18.3 Å². The summed E-state index contributed by atoms with van der Waals surface area (Å²) in [6.07, 6.45) is 2.93. The third-order valence-electron chi connectivity index (χ3n) is 4.99. The summed E-state index contributed by atoms with van der Waals surface area (Å²) in [5.74, 6) is -0.796.